The fraction of sp³-hybridized carbons (Fsp3) is 0.250. The number of hydrogen-bond acceptors (Lipinski definition) is 5. The summed E-state index contributed by atoms with van der Waals surface area (Å²) in [4.78, 5) is 29.4. The van der Waals surface area contributed by atoms with Crippen LogP contribution in [0.15, 0.2) is 52.4 Å². The Morgan fingerprint density at radius 3 is 2.55 bits per heavy atom. The van der Waals surface area contributed by atoms with Crippen molar-refractivity contribution in [3.63, 3.8) is 0 Å². The highest BCUT2D eigenvalue weighted by molar-refractivity contribution is 7.89. The van der Waals surface area contributed by atoms with Crippen molar-refractivity contribution >= 4 is 32.5 Å². The van der Waals surface area contributed by atoms with E-state index in [-0.39, 0.29) is 17.0 Å². The van der Waals surface area contributed by atoms with Crippen LogP contribution in [0.25, 0.3) is 10.9 Å². The van der Waals surface area contributed by atoms with Gasteiger partial charge in [-0.1, -0.05) is 17.7 Å². The Labute approximate surface area is 168 Å². The fourth-order valence-electron chi connectivity index (χ4n) is 2.89. The molecule has 0 saturated heterocycles. The first-order valence-electron chi connectivity index (χ1n) is 8.88. The molecule has 3 aromatic rings. The number of rotatable bonds is 5. The maximum Gasteiger partial charge on any atom is 0.261 e. The number of amides is 1. The number of sulfonamides is 1. The smallest absolute Gasteiger partial charge is 0.261 e. The summed E-state index contributed by atoms with van der Waals surface area (Å²) in [6, 6.07) is 10.0. The van der Waals surface area contributed by atoms with E-state index < -0.39 is 15.9 Å². The summed E-state index contributed by atoms with van der Waals surface area (Å²) < 4.78 is 27.2. The third-order valence-electron chi connectivity index (χ3n) is 4.52. The summed E-state index contributed by atoms with van der Waals surface area (Å²) in [6.07, 6.45) is 1.33. The number of nitrogens with one attached hydrogen (secondary N) is 1. The number of aryl methyl sites for hydroxylation is 2. The first kappa shape index (κ1) is 20.7. The van der Waals surface area contributed by atoms with Gasteiger partial charge in [0.05, 0.1) is 22.1 Å². The molecule has 1 N–H and O–H groups in total. The highest BCUT2D eigenvalue weighted by Gasteiger charge is 2.20. The van der Waals surface area contributed by atoms with Crippen LogP contribution in [-0.4, -0.2) is 42.3 Å². The van der Waals surface area contributed by atoms with Gasteiger partial charge in [0.1, 0.15) is 6.54 Å². The Morgan fingerprint density at radius 2 is 1.86 bits per heavy atom. The van der Waals surface area contributed by atoms with E-state index in [1.807, 2.05) is 13.0 Å². The third-order valence-corrected chi connectivity index (χ3v) is 6.48. The van der Waals surface area contributed by atoms with Crippen LogP contribution in [-0.2, 0) is 21.4 Å². The van der Waals surface area contributed by atoms with E-state index in [9.17, 15) is 18.0 Å². The van der Waals surface area contributed by atoms with Crippen molar-refractivity contribution in [2.24, 2.45) is 0 Å². The van der Waals surface area contributed by atoms with E-state index in [1.165, 1.54) is 31.1 Å². The molecule has 1 aromatic heterocycles. The summed E-state index contributed by atoms with van der Waals surface area (Å²) in [7, 11) is -0.752. The molecule has 0 aliphatic carbocycles. The van der Waals surface area contributed by atoms with Crippen LogP contribution in [0.1, 0.15) is 11.1 Å². The molecular formula is C20H22N4O4S. The predicted molar refractivity (Wildman–Crippen MR) is 111 cm³/mol. The monoisotopic (exact) mass is 414 g/mol. The minimum absolute atomic E-state index is 0.111. The molecule has 0 aliphatic rings. The molecule has 0 fully saturated rings. The Morgan fingerprint density at radius 1 is 1.14 bits per heavy atom. The van der Waals surface area contributed by atoms with Crippen LogP contribution in [0.4, 0.5) is 5.69 Å². The van der Waals surface area contributed by atoms with Crippen molar-refractivity contribution in [2.45, 2.75) is 25.3 Å². The number of nitrogens with zero attached hydrogens (tertiary/aromatic N) is 3. The maximum atomic E-state index is 12.6. The zero-order valence-electron chi connectivity index (χ0n) is 16.6. The molecule has 29 heavy (non-hydrogen) atoms. The van der Waals surface area contributed by atoms with Gasteiger partial charge in [0.25, 0.3) is 5.56 Å². The zero-order chi connectivity index (χ0) is 21.3. The summed E-state index contributed by atoms with van der Waals surface area (Å²) >= 11 is 0. The average molecular weight is 414 g/mol. The number of fused-ring (bicyclic) bond motifs is 1. The van der Waals surface area contributed by atoms with Crippen molar-refractivity contribution in [3.05, 3.63) is 64.2 Å². The molecule has 0 atom stereocenters. The molecule has 0 spiro atoms. The van der Waals surface area contributed by atoms with Crippen LogP contribution in [0.5, 0.6) is 0 Å². The van der Waals surface area contributed by atoms with Crippen molar-refractivity contribution < 1.29 is 13.2 Å². The molecule has 152 valence electrons. The molecule has 0 unspecified atom stereocenters. The Kier molecular flexibility index (Phi) is 5.54. The highest BCUT2D eigenvalue weighted by Crippen LogP contribution is 2.22. The normalized spacial score (nSPS) is 11.8. The molecule has 1 amide bonds. The van der Waals surface area contributed by atoms with Gasteiger partial charge < -0.3 is 5.32 Å². The standard InChI is InChI=1S/C20H22N4O4S/c1-13-5-8-17-16(9-13)20(26)24(12-21-17)11-19(25)22-15-7-6-14(2)18(10-15)29(27,28)23(3)4/h5-10,12H,11H2,1-4H3,(H,22,25). The van der Waals surface area contributed by atoms with Gasteiger partial charge in [-0.05, 0) is 43.7 Å². The molecule has 8 nitrogen and oxygen atoms in total. The molecule has 0 bridgehead atoms. The van der Waals surface area contributed by atoms with Crippen molar-refractivity contribution in [3.8, 4) is 0 Å². The van der Waals surface area contributed by atoms with Gasteiger partial charge in [-0.25, -0.2) is 17.7 Å². The number of carbonyl (C=O) groups is 1. The van der Waals surface area contributed by atoms with Crippen LogP contribution in [0, 0.1) is 13.8 Å². The van der Waals surface area contributed by atoms with Gasteiger partial charge in [0.15, 0.2) is 0 Å². The van der Waals surface area contributed by atoms with Gasteiger partial charge in [0.2, 0.25) is 15.9 Å². The molecule has 1 heterocycles. The van der Waals surface area contributed by atoms with Gasteiger partial charge >= 0.3 is 0 Å². The molecule has 0 aliphatic heterocycles. The van der Waals surface area contributed by atoms with Crippen molar-refractivity contribution in [1.29, 1.82) is 0 Å². The van der Waals surface area contributed by atoms with E-state index >= 15 is 0 Å². The van der Waals surface area contributed by atoms with E-state index in [4.69, 9.17) is 0 Å². The van der Waals surface area contributed by atoms with Gasteiger partial charge in [-0.2, -0.15) is 0 Å². The Balaban J connectivity index is 1.86. The van der Waals surface area contributed by atoms with Crippen molar-refractivity contribution in [1.82, 2.24) is 13.9 Å². The number of benzene rings is 2. The second-order valence-electron chi connectivity index (χ2n) is 7.01. The molecule has 3 rings (SSSR count). The largest absolute Gasteiger partial charge is 0.324 e. The lowest BCUT2D eigenvalue weighted by atomic mass is 10.2. The highest BCUT2D eigenvalue weighted by atomic mass is 32.2. The van der Waals surface area contributed by atoms with E-state index in [2.05, 4.69) is 10.3 Å². The second-order valence-corrected chi connectivity index (χ2v) is 9.13. The molecule has 0 saturated carbocycles. The van der Waals surface area contributed by atoms with Crippen LogP contribution < -0.4 is 10.9 Å². The van der Waals surface area contributed by atoms with E-state index in [1.54, 1.807) is 31.2 Å². The summed E-state index contributed by atoms with van der Waals surface area (Å²) in [5, 5.41) is 3.09. The molecule has 2 aromatic carbocycles. The molecule has 0 radical (unpaired) electrons. The lowest BCUT2D eigenvalue weighted by Gasteiger charge is -2.15. The minimum atomic E-state index is -3.64. The SMILES string of the molecule is Cc1ccc2ncn(CC(=O)Nc3ccc(C)c(S(=O)(=O)N(C)C)c3)c(=O)c2c1. The summed E-state index contributed by atoms with van der Waals surface area (Å²) in [5.41, 5.74) is 2.08. The minimum Gasteiger partial charge on any atom is -0.324 e. The van der Waals surface area contributed by atoms with E-state index in [0.29, 0.717) is 22.2 Å². The first-order valence-corrected chi connectivity index (χ1v) is 10.3. The third kappa shape index (κ3) is 4.20. The van der Waals surface area contributed by atoms with Crippen LogP contribution in [0.3, 0.4) is 0 Å². The van der Waals surface area contributed by atoms with Gasteiger partial charge in [-0.3, -0.25) is 14.2 Å². The second kappa shape index (κ2) is 7.76. The van der Waals surface area contributed by atoms with Gasteiger partial charge in [-0.15, -0.1) is 0 Å². The first-order chi connectivity index (χ1) is 13.6. The van der Waals surface area contributed by atoms with Crippen LogP contribution >= 0.6 is 0 Å². The quantitative estimate of drug-likeness (QED) is 0.687. The Hall–Kier alpha value is -3.04. The number of anilines is 1. The predicted octanol–water partition coefficient (Wildman–Crippen LogP) is 1.90. The maximum absolute atomic E-state index is 12.6. The van der Waals surface area contributed by atoms with Gasteiger partial charge in [0, 0.05) is 19.8 Å². The summed E-state index contributed by atoms with van der Waals surface area (Å²) in [6.45, 7) is 3.32. The number of carbonyl (C=O) groups excluding carboxylic acids is 1. The van der Waals surface area contributed by atoms with Crippen molar-refractivity contribution in [2.75, 3.05) is 19.4 Å². The molecule has 9 heteroatoms. The number of hydrogen-bond donors (Lipinski definition) is 1. The lowest BCUT2D eigenvalue weighted by Crippen LogP contribution is -2.28. The molecular weight excluding hydrogens is 392 g/mol. The van der Waals surface area contributed by atoms with E-state index in [0.717, 1.165) is 9.87 Å². The average Bonchev–Trinajstić information content (AvgIpc) is 2.65. The zero-order valence-corrected chi connectivity index (χ0v) is 17.4. The topological polar surface area (TPSA) is 101 Å². The Bertz CT molecular complexity index is 1260. The van der Waals surface area contributed by atoms with Crippen LogP contribution in [0.2, 0.25) is 0 Å². The lowest BCUT2D eigenvalue weighted by molar-refractivity contribution is -0.116. The number of aromatic nitrogens is 2. The summed E-state index contributed by atoms with van der Waals surface area (Å²) in [5.74, 6) is -0.460. The fourth-order valence-corrected chi connectivity index (χ4v) is 4.04.